The normalized spacial score (nSPS) is 20.1. The fourth-order valence-corrected chi connectivity index (χ4v) is 4.62. The number of anilines is 1. The highest BCUT2D eigenvalue weighted by Crippen LogP contribution is 2.36. The molecule has 1 saturated carbocycles. The van der Waals surface area contributed by atoms with Crippen molar-refractivity contribution in [3.8, 4) is 11.3 Å². The van der Waals surface area contributed by atoms with E-state index in [-0.39, 0.29) is 5.91 Å². The summed E-state index contributed by atoms with van der Waals surface area (Å²) in [7, 11) is 2.00. The molecule has 1 aliphatic carbocycles. The van der Waals surface area contributed by atoms with Gasteiger partial charge in [-0.05, 0) is 25.5 Å². The second-order valence-electron chi connectivity index (χ2n) is 8.73. The maximum Gasteiger partial charge on any atom is 0.250 e. The monoisotopic (exact) mass is 435 g/mol. The topological polar surface area (TPSA) is 111 Å². The fraction of sp³-hybridized carbons (Fsp3) is 0.478. The van der Waals surface area contributed by atoms with Crippen LogP contribution in [0.25, 0.3) is 22.3 Å². The van der Waals surface area contributed by atoms with E-state index in [9.17, 15) is 4.79 Å². The molecule has 2 aliphatic rings. The van der Waals surface area contributed by atoms with E-state index in [0.29, 0.717) is 31.6 Å². The van der Waals surface area contributed by atoms with Crippen LogP contribution in [0.4, 0.5) is 5.82 Å². The summed E-state index contributed by atoms with van der Waals surface area (Å²) < 4.78 is 7.62. The van der Waals surface area contributed by atoms with Crippen molar-refractivity contribution in [3.05, 3.63) is 36.2 Å². The van der Waals surface area contributed by atoms with Crippen molar-refractivity contribution in [2.75, 3.05) is 32.5 Å². The van der Waals surface area contributed by atoms with E-state index in [4.69, 9.17) is 15.6 Å². The van der Waals surface area contributed by atoms with Crippen molar-refractivity contribution in [3.63, 3.8) is 0 Å². The molecular formula is C23H29N7O2. The van der Waals surface area contributed by atoms with Crippen LogP contribution in [0.5, 0.6) is 0 Å². The van der Waals surface area contributed by atoms with E-state index < -0.39 is 6.10 Å². The van der Waals surface area contributed by atoms with Gasteiger partial charge in [0.25, 0.3) is 5.91 Å². The highest BCUT2D eigenvalue weighted by atomic mass is 16.5. The summed E-state index contributed by atoms with van der Waals surface area (Å²) in [4.78, 5) is 23.2. The highest BCUT2D eigenvalue weighted by Gasteiger charge is 2.25. The highest BCUT2D eigenvalue weighted by molar-refractivity contribution is 5.98. The number of hydrogen-bond donors (Lipinski definition) is 2. The van der Waals surface area contributed by atoms with Crippen molar-refractivity contribution < 1.29 is 9.53 Å². The Hall–Kier alpha value is -3.04. The van der Waals surface area contributed by atoms with Gasteiger partial charge >= 0.3 is 0 Å². The van der Waals surface area contributed by atoms with E-state index in [1.54, 1.807) is 0 Å². The average molecular weight is 436 g/mol. The summed E-state index contributed by atoms with van der Waals surface area (Å²) >= 11 is 0. The van der Waals surface area contributed by atoms with Gasteiger partial charge in [0.15, 0.2) is 5.65 Å². The minimum Gasteiger partial charge on any atom is -0.383 e. The summed E-state index contributed by atoms with van der Waals surface area (Å²) in [5.74, 6) is 0.370. The zero-order valence-electron chi connectivity index (χ0n) is 18.3. The minimum atomic E-state index is -0.415. The number of fused-ring (bicyclic) bond motifs is 1. The average Bonchev–Trinajstić information content (AvgIpc) is 3.46. The number of nitrogens with one attached hydrogen (secondary N) is 1. The Morgan fingerprint density at radius 3 is 2.75 bits per heavy atom. The summed E-state index contributed by atoms with van der Waals surface area (Å²) in [5, 5.41) is 8.70. The molecule has 0 bridgehead atoms. The molecule has 1 unspecified atom stereocenters. The number of likely N-dealkylation sites (N-methyl/N-ethyl adjacent to an activating group) is 1. The number of hydrogen-bond acceptors (Lipinski definition) is 7. The van der Waals surface area contributed by atoms with Crippen LogP contribution in [0.1, 0.15) is 37.3 Å². The molecule has 9 heteroatoms. The molecule has 32 heavy (non-hydrogen) atoms. The number of carbonyl (C=O) groups is 1. The Bertz CT molecular complexity index is 1110. The van der Waals surface area contributed by atoms with Crippen LogP contribution in [0.2, 0.25) is 0 Å². The van der Waals surface area contributed by atoms with E-state index in [1.807, 2.05) is 36.0 Å². The molecule has 9 nitrogen and oxygen atoms in total. The molecule has 0 spiro atoms. The lowest BCUT2D eigenvalue weighted by atomic mass is 10.1. The van der Waals surface area contributed by atoms with Gasteiger partial charge in [0.2, 0.25) is 0 Å². The first-order valence-electron chi connectivity index (χ1n) is 11.3. The minimum absolute atomic E-state index is 0.0770. The molecule has 1 saturated heterocycles. The van der Waals surface area contributed by atoms with Gasteiger partial charge in [-0.25, -0.2) is 14.6 Å². The number of rotatable bonds is 5. The van der Waals surface area contributed by atoms with Crippen LogP contribution in [0.3, 0.4) is 0 Å². The first-order chi connectivity index (χ1) is 15.6. The number of nitrogen functional groups attached to an aromatic ring is 1. The Labute approximate surface area is 187 Å². The Balaban J connectivity index is 1.34. The first-order valence-corrected chi connectivity index (χ1v) is 11.3. The molecule has 3 aromatic rings. The lowest BCUT2D eigenvalue weighted by Crippen LogP contribution is -2.48. The summed E-state index contributed by atoms with van der Waals surface area (Å²) in [6.45, 7) is 2.50. The second kappa shape index (κ2) is 8.84. The molecule has 3 heterocycles. The zero-order chi connectivity index (χ0) is 22.1. The Kier molecular flexibility index (Phi) is 5.75. The molecular weight excluding hydrogens is 406 g/mol. The van der Waals surface area contributed by atoms with Crippen LogP contribution in [-0.4, -0.2) is 63.4 Å². The van der Waals surface area contributed by atoms with Crippen molar-refractivity contribution >= 4 is 22.8 Å². The maximum absolute atomic E-state index is 12.4. The van der Waals surface area contributed by atoms with E-state index >= 15 is 0 Å². The molecule has 3 N–H and O–H groups in total. The van der Waals surface area contributed by atoms with Gasteiger partial charge in [-0.2, -0.15) is 5.10 Å². The summed E-state index contributed by atoms with van der Waals surface area (Å²) in [6, 6.07) is 8.39. The van der Waals surface area contributed by atoms with Crippen LogP contribution in [0, 0.1) is 0 Å². The number of carbonyl (C=O) groups excluding carboxylic acids is 1. The first kappa shape index (κ1) is 20.8. The van der Waals surface area contributed by atoms with Crippen molar-refractivity contribution in [2.45, 2.75) is 44.4 Å². The number of nitrogens with two attached hydrogens (primary N) is 1. The Morgan fingerprint density at radius 2 is 2.00 bits per heavy atom. The van der Waals surface area contributed by atoms with Gasteiger partial charge in [-0.15, -0.1) is 0 Å². The lowest BCUT2D eigenvalue weighted by molar-refractivity contribution is -0.137. The van der Waals surface area contributed by atoms with Crippen LogP contribution in [-0.2, 0) is 16.1 Å². The van der Waals surface area contributed by atoms with E-state index in [0.717, 1.165) is 47.2 Å². The third kappa shape index (κ3) is 4.05. The molecule has 1 atom stereocenters. The zero-order valence-corrected chi connectivity index (χ0v) is 18.3. The van der Waals surface area contributed by atoms with Gasteiger partial charge in [0, 0.05) is 25.2 Å². The quantitative estimate of drug-likeness (QED) is 0.631. The predicted molar refractivity (Wildman–Crippen MR) is 122 cm³/mol. The Morgan fingerprint density at radius 1 is 1.22 bits per heavy atom. The molecule has 1 aliphatic heterocycles. The van der Waals surface area contributed by atoms with Crippen LogP contribution in [0.15, 0.2) is 30.6 Å². The predicted octanol–water partition coefficient (Wildman–Crippen LogP) is 2.14. The number of benzene rings is 1. The third-order valence-corrected chi connectivity index (χ3v) is 6.44. The fourth-order valence-electron chi connectivity index (χ4n) is 4.62. The maximum atomic E-state index is 12.4. The summed E-state index contributed by atoms with van der Waals surface area (Å²) in [5.41, 5.74) is 9.80. The van der Waals surface area contributed by atoms with Crippen molar-refractivity contribution in [1.29, 1.82) is 0 Å². The van der Waals surface area contributed by atoms with Gasteiger partial charge in [-0.1, -0.05) is 37.1 Å². The van der Waals surface area contributed by atoms with Gasteiger partial charge in [-0.3, -0.25) is 4.79 Å². The second-order valence-corrected chi connectivity index (χ2v) is 8.73. The SMILES string of the molecule is CN1CCOC(C(=O)NCc2ccc(-c3nn(C4CCCC4)c4ncnc(N)c34)cc2)C1. The van der Waals surface area contributed by atoms with Crippen LogP contribution >= 0.6 is 0 Å². The smallest absolute Gasteiger partial charge is 0.250 e. The molecule has 1 amide bonds. The van der Waals surface area contributed by atoms with Crippen molar-refractivity contribution in [1.82, 2.24) is 30.0 Å². The number of morpholine rings is 1. The van der Waals surface area contributed by atoms with Gasteiger partial charge in [0.05, 0.1) is 18.0 Å². The number of ether oxygens (including phenoxy) is 1. The van der Waals surface area contributed by atoms with Crippen LogP contribution < -0.4 is 11.1 Å². The third-order valence-electron chi connectivity index (χ3n) is 6.44. The largest absolute Gasteiger partial charge is 0.383 e. The standard InChI is InChI=1S/C23H29N7O2/c1-29-10-11-32-18(13-29)23(31)25-12-15-6-8-16(9-7-15)20-19-21(24)26-14-27-22(19)30(28-20)17-4-2-3-5-17/h6-9,14,17-18H,2-5,10-13H2,1H3,(H,25,31)(H2,24,26,27). The molecule has 168 valence electrons. The lowest BCUT2D eigenvalue weighted by Gasteiger charge is -2.29. The molecule has 5 rings (SSSR count). The summed E-state index contributed by atoms with van der Waals surface area (Å²) in [6.07, 6.45) is 5.74. The van der Waals surface area contributed by atoms with Gasteiger partial charge in [0.1, 0.15) is 23.9 Å². The molecule has 1 aromatic carbocycles. The van der Waals surface area contributed by atoms with Gasteiger partial charge < -0.3 is 20.7 Å². The number of aromatic nitrogens is 4. The number of amides is 1. The van der Waals surface area contributed by atoms with Crippen molar-refractivity contribution in [2.24, 2.45) is 0 Å². The molecule has 0 radical (unpaired) electrons. The molecule has 2 fully saturated rings. The number of nitrogens with zero attached hydrogens (tertiary/aromatic N) is 5. The molecule has 2 aromatic heterocycles. The van der Waals surface area contributed by atoms with E-state index in [2.05, 4.69) is 20.2 Å². The van der Waals surface area contributed by atoms with E-state index in [1.165, 1.54) is 19.2 Å².